The highest BCUT2D eigenvalue weighted by Gasteiger charge is 2.43. The van der Waals surface area contributed by atoms with Gasteiger partial charge in [0.1, 0.15) is 11.5 Å². The number of fused-ring (bicyclic) bond motifs is 2. The first-order valence-electron chi connectivity index (χ1n) is 7.40. The van der Waals surface area contributed by atoms with Gasteiger partial charge in [0.15, 0.2) is 5.78 Å². The van der Waals surface area contributed by atoms with Crippen molar-refractivity contribution in [1.29, 1.82) is 0 Å². The Morgan fingerprint density at radius 1 is 1.08 bits per heavy atom. The van der Waals surface area contributed by atoms with Crippen molar-refractivity contribution in [3.8, 4) is 5.75 Å². The van der Waals surface area contributed by atoms with Gasteiger partial charge in [0.05, 0.1) is 25.4 Å². The number of methoxy groups -OCH3 is 2. The Kier molecular flexibility index (Phi) is 4.71. The second-order valence-electron chi connectivity index (χ2n) is 5.91. The predicted molar refractivity (Wildman–Crippen MR) is 98.4 cm³/mol. The van der Waals surface area contributed by atoms with Crippen LogP contribution < -0.4 is 4.74 Å². The number of carbonyl (C=O) groups is 2. The molecule has 0 atom stereocenters. The molecule has 2 aliphatic rings. The number of carbonyl (C=O) groups excluding carboxylic acids is 2. The first-order valence-corrected chi connectivity index (χ1v) is 9.65. The number of ketones is 2. The Labute approximate surface area is 157 Å². The summed E-state index contributed by atoms with van der Waals surface area (Å²) in [5.41, 5.74) is 1.16. The van der Waals surface area contributed by atoms with Gasteiger partial charge in [-0.15, -0.1) is 0 Å². The van der Waals surface area contributed by atoms with Gasteiger partial charge in [-0.25, -0.2) is 0 Å². The molecule has 0 aliphatic heterocycles. The first-order chi connectivity index (χ1) is 11.5. The Morgan fingerprint density at radius 3 is 2.38 bits per heavy atom. The molecule has 0 heterocycles. The van der Waals surface area contributed by atoms with E-state index in [1.807, 2.05) is 6.08 Å². The summed E-state index contributed by atoms with van der Waals surface area (Å²) in [4.78, 5) is 26.1. The van der Waals surface area contributed by atoms with Crippen LogP contribution in [0.1, 0.15) is 27.1 Å². The fourth-order valence-corrected chi connectivity index (χ4v) is 4.84. The number of allylic oxidation sites excluding steroid dienone is 4. The van der Waals surface area contributed by atoms with E-state index in [2.05, 4.69) is 31.9 Å². The summed E-state index contributed by atoms with van der Waals surface area (Å²) in [5, 5.41) is 1.31. The van der Waals surface area contributed by atoms with Gasteiger partial charge in [-0.2, -0.15) is 0 Å². The van der Waals surface area contributed by atoms with E-state index >= 15 is 0 Å². The van der Waals surface area contributed by atoms with Crippen LogP contribution in [-0.4, -0.2) is 36.4 Å². The molecule has 126 valence electrons. The molecule has 0 saturated heterocycles. The van der Waals surface area contributed by atoms with Gasteiger partial charge >= 0.3 is 0 Å². The molecule has 0 saturated carbocycles. The Morgan fingerprint density at radius 2 is 1.79 bits per heavy atom. The highest BCUT2D eigenvalue weighted by molar-refractivity contribution is 9.09. The largest absolute Gasteiger partial charge is 0.500 e. The summed E-state index contributed by atoms with van der Waals surface area (Å²) in [6.45, 7) is 0. The zero-order valence-corrected chi connectivity index (χ0v) is 16.5. The van der Waals surface area contributed by atoms with E-state index in [0.717, 1.165) is 0 Å². The third kappa shape index (κ3) is 2.47. The maximum absolute atomic E-state index is 13.1. The number of ether oxygens (including phenoxy) is 2. The molecular weight excluding hydrogens is 440 g/mol. The predicted octanol–water partition coefficient (Wildman–Crippen LogP) is 4.08. The molecule has 0 aromatic heterocycles. The number of rotatable bonds is 4. The molecule has 24 heavy (non-hydrogen) atoms. The van der Waals surface area contributed by atoms with Gasteiger partial charge in [-0.1, -0.05) is 50.1 Å². The van der Waals surface area contributed by atoms with E-state index in [1.54, 1.807) is 18.2 Å². The second-order valence-corrected chi connectivity index (χ2v) is 7.03. The lowest BCUT2D eigenvalue weighted by atomic mass is 9.72. The molecule has 2 aliphatic carbocycles. The fraction of sp³-hybridized carbons (Fsp3) is 0.333. The SMILES string of the molecule is COC1=C2C(=O)c3c(OC)cccc3C(=O)C2=CC(CBr)(CBr)C1. The third-order valence-corrected chi connectivity index (χ3v) is 6.71. The van der Waals surface area contributed by atoms with Crippen molar-refractivity contribution in [3.05, 3.63) is 52.3 Å². The van der Waals surface area contributed by atoms with E-state index in [4.69, 9.17) is 9.47 Å². The van der Waals surface area contributed by atoms with Crippen LogP contribution in [0.2, 0.25) is 0 Å². The summed E-state index contributed by atoms with van der Waals surface area (Å²) in [6.07, 6.45) is 2.44. The van der Waals surface area contributed by atoms with Crippen LogP contribution in [0.3, 0.4) is 0 Å². The molecule has 0 fully saturated rings. The van der Waals surface area contributed by atoms with Gasteiger partial charge in [0, 0.05) is 33.6 Å². The lowest BCUT2D eigenvalue weighted by Gasteiger charge is -2.35. The van der Waals surface area contributed by atoms with Crippen molar-refractivity contribution in [1.82, 2.24) is 0 Å². The quantitative estimate of drug-likeness (QED) is 0.642. The van der Waals surface area contributed by atoms with E-state index < -0.39 is 0 Å². The lowest BCUT2D eigenvalue weighted by molar-refractivity contribution is 0.0956. The Bertz CT molecular complexity index is 788. The van der Waals surface area contributed by atoms with Crippen LogP contribution in [0.4, 0.5) is 0 Å². The molecule has 0 spiro atoms. The molecule has 1 aromatic carbocycles. The normalized spacial score (nSPS) is 18.8. The molecule has 0 unspecified atom stereocenters. The van der Waals surface area contributed by atoms with E-state index in [1.165, 1.54) is 14.2 Å². The summed E-state index contributed by atoms with van der Waals surface area (Å²) < 4.78 is 10.8. The summed E-state index contributed by atoms with van der Waals surface area (Å²) >= 11 is 7.04. The van der Waals surface area contributed by atoms with Gasteiger partial charge in [-0.05, 0) is 6.07 Å². The molecule has 0 N–H and O–H groups in total. The monoisotopic (exact) mass is 454 g/mol. The summed E-state index contributed by atoms with van der Waals surface area (Å²) in [6, 6.07) is 5.08. The van der Waals surface area contributed by atoms with E-state index in [-0.39, 0.29) is 17.0 Å². The van der Waals surface area contributed by atoms with Crippen molar-refractivity contribution in [2.75, 3.05) is 24.9 Å². The third-order valence-electron chi connectivity index (χ3n) is 4.48. The molecule has 0 radical (unpaired) electrons. The number of alkyl halides is 2. The Balaban J connectivity index is 2.30. The molecule has 0 bridgehead atoms. The van der Waals surface area contributed by atoms with Crippen LogP contribution in [0.15, 0.2) is 41.2 Å². The first kappa shape index (κ1) is 17.4. The summed E-state index contributed by atoms with van der Waals surface area (Å²) in [7, 11) is 3.03. The minimum atomic E-state index is -0.309. The minimum Gasteiger partial charge on any atom is -0.500 e. The molecule has 6 heteroatoms. The topological polar surface area (TPSA) is 52.6 Å². The van der Waals surface area contributed by atoms with Crippen LogP contribution in [0.5, 0.6) is 5.75 Å². The number of hydrogen-bond acceptors (Lipinski definition) is 4. The van der Waals surface area contributed by atoms with Gasteiger partial charge in [0.25, 0.3) is 0 Å². The van der Waals surface area contributed by atoms with Crippen LogP contribution in [0.25, 0.3) is 0 Å². The number of benzene rings is 1. The number of halogens is 2. The molecular formula is C18H16Br2O4. The van der Waals surface area contributed by atoms with Crippen molar-refractivity contribution >= 4 is 43.4 Å². The van der Waals surface area contributed by atoms with Gasteiger partial charge in [-0.3, -0.25) is 9.59 Å². The van der Waals surface area contributed by atoms with Crippen molar-refractivity contribution in [3.63, 3.8) is 0 Å². The van der Waals surface area contributed by atoms with Crippen molar-refractivity contribution < 1.29 is 19.1 Å². The van der Waals surface area contributed by atoms with Crippen molar-refractivity contribution in [2.24, 2.45) is 5.41 Å². The highest BCUT2D eigenvalue weighted by Crippen LogP contribution is 2.46. The zero-order valence-electron chi connectivity index (χ0n) is 13.3. The number of Topliss-reactive ketones (excluding diaryl/α,β-unsaturated/α-hetero) is 2. The maximum Gasteiger partial charge on any atom is 0.201 e. The van der Waals surface area contributed by atoms with Gasteiger partial charge < -0.3 is 9.47 Å². The van der Waals surface area contributed by atoms with Gasteiger partial charge in [0.2, 0.25) is 5.78 Å². The molecule has 1 aromatic rings. The molecule has 4 nitrogen and oxygen atoms in total. The standard InChI is InChI=1S/C18H16Br2O4/c1-23-12-5-3-4-10-14(12)17(22)15-11(16(10)21)6-18(8-19,9-20)7-13(15)24-2/h3-6H,7-9H2,1-2H3. The zero-order chi connectivity index (χ0) is 17.5. The Hall–Kier alpha value is -1.40. The summed E-state index contributed by atoms with van der Waals surface area (Å²) in [5.74, 6) is 0.564. The van der Waals surface area contributed by atoms with Crippen LogP contribution >= 0.6 is 31.9 Å². The van der Waals surface area contributed by atoms with Crippen LogP contribution in [-0.2, 0) is 4.74 Å². The molecule has 3 rings (SSSR count). The fourth-order valence-electron chi connectivity index (χ4n) is 3.19. The lowest BCUT2D eigenvalue weighted by Crippen LogP contribution is -2.34. The smallest absolute Gasteiger partial charge is 0.201 e. The maximum atomic E-state index is 13.1. The van der Waals surface area contributed by atoms with E-state index in [0.29, 0.717) is 50.9 Å². The minimum absolute atomic E-state index is 0.168. The second kappa shape index (κ2) is 6.48. The molecule has 0 amide bonds. The number of hydrogen-bond donors (Lipinski definition) is 0. The van der Waals surface area contributed by atoms with E-state index in [9.17, 15) is 9.59 Å². The van der Waals surface area contributed by atoms with Crippen LogP contribution in [0, 0.1) is 5.41 Å². The average molecular weight is 456 g/mol. The van der Waals surface area contributed by atoms with Crippen molar-refractivity contribution in [2.45, 2.75) is 6.42 Å². The average Bonchev–Trinajstić information content (AvgIpc) is 2.64. The highest BCUT2D eigenvalue weighted by atomic mass is 79.9.